The lowest BCUT2D eigenvalue weighted by Gasteiger charge is -2.39. The lowest BCUT2D eigenvalue weighted by Crippen LogP contribution is -2.53. The molecule has 0 unspecified atom stereocenters. The Hall–Kier alpha value is -2.84. The Balaban J connectivity index is 1.83. The normalized spacial score (nSPS) is 19.3. The molecule has 0 saturated heterocycles. The minimum Gasteiger partial charge on any atom is -0.506 e. The molecular formula is C26H31F4N3O2. The van der Waals surface area contributed by atoms with Gasteiger partial charge in [-0.1, -0.05) is 44.9 Å². The van der Waals surface area contributed by atoms with Crippen LogP contribution in [0.5, 0.6) is 5.75 Å². The van der Waals surface area contributed by atoms with E-state index in [1.807, 2.05) is 0 Å². The Bertz CT molecular complexity index is 1020. The van der Waals surface area contributed by atoms with Crippen LogP contribution >= 0.6 is 0 Å². The van der Waals surface area contributed by atoms with Crippen molar-refractivity contribution < 1.29 is 27.5 Å². The summed E-state index contributed by atoms with van der Waals surface area (Å²) in [6.07, 6.45) is 5.10. The van der Waals surface area contributed by atoms with Crippen molar-refractivity contribution in [3.63, 3.8) is 0 Å². The number of nitrogens with zero attached hydrogens (tertiary/aromatic N) is 1. The number of halogens is 4. The standard InChI is InChI=1S/C26H31F4N3O2/c27-20-13-18(12-19(14-20)26(28,29)30)25(15-17-6-2-1-3-7-17,23-11-10-22(34)16-31-23)33-24(35)32-21-8-4-5-9-21/h10-14,16-17,21,34H,1-9,15H2,(H2,32,33,35)/t25-/m1/s1. The first kappa shape index (κ1) is 25.3. The van der Waals surface area contributed by atoms with Crippen molar-refractivity contribution in [3.05, 3.63) is 59.2 Å². The van der Waals surface area contributed by atoms with E-state index >= 15 is 0 Å². The van der Waals surface area contributed by atoms with E-state index in [4.69, 9.17) is 0 Å². The molecule has 2 aromatic rings. The number of urea groups is 1. The monoisotopic (exact) mass is 493 g/mol. The van der Waals surface area contributed by atoms with Gasteiger partial charge in [0, 0.05) is 6.04 Å². The maximum atomic E-state index is 14.6. The molecule has 1 atom stereocenters. The fraction of sp³-hybridized carbons (Fsp3) is 0.538. The second kappa shape index (κ2) is 10.4. The Labute approximate surface area is 202 Å². The van der Waals surface area contributed by atoms with Gasteiger partial charge in [0.05, 0.1) is 17.5 Å². The molecule has 35 heavy (non-hydrogen) atoms. The topological polar surface area (TPSA) is 74.2 Å². The lowest BCUT2D eigenvalue weighted by molar-refractivity contribution is -0.137. The van der Waals surface area contributed by atoms with Gasteiger partial charge in [0.1, 0.15) is 17.1 Å². The summed E-state index contributed by atoms with van der Waals surface area (Å²) in [5.41, 5.74) is -2.41. The number of pyridine rings is 1. The molecule has 0 aliphatic heterocycles. The Kier molecular flexibility index (Phi) is 7.52. The first-order valence-corrected chi connectivity index (χ1v) is 12.3. The van der Waals surface area contributed by atoms with E-state index < -0.39 is 29.1 Å². The third-order valence-corrected chi connectivity index (χ3v) is 7.24. The number of amides is 2. The fourth-order valence-corrected chi connectivity index (χ4v) is 5.51. The van der Waals surface area contributed by atoms with Crippen LogP contribution in [0.1, 0.15) is 81.0 Å². The van der Waals surface area contributed by atoms with Gasteiger partial charge in [-0.3, -0.25) is 4.98 Å². The number of benzene rings is 1. The number of hydrogen-bond acceptors (Lipinski definition) is 3. The number of aromatic nitrogens is 1. The minimum atomic E-state index is -4.76. The molecule has 3 N–H and O–H groups in total. The van der Waals surface area contributed by atoms with Crippen LogP contribution in [-0.4, -0.2) is 22.2 Å². The van der Waals surface area contributed by atoms with Gasteiger partial charge in [0.2, 0.25) is 0 Å². The van der Waals surface area contributed by atoms with Crippen molar-refractivity contribution >= 4 is 6.03 Å². The van der Waals surface area contributed by atoms with E-state index in [9.17, 15) is 27.5 Å². The van der Waals surface area contributed by atoms with Crippen LogP contribution < -0.4 is 10.6 Å². The van der Waals surface area contributed by atoms with E-state index in [0.29, 0.717) is 6.07 Å². The van der Waals surface area contributed by atoms with E-state index in [2.05, 4.69) is 15.6 Å². The molecule has 2 saturated carbocycles. The average molecular weight is 494 g/mol. The molecule has 9 heteroatoms. The van der Waals surface area contributed by atoms with Crippen LogP contribution in [0.4, 0.5) is 22.4 Å². The highest BCUT2D eigenvalue weighted by Crippen LogP contribution is 2.42. The van der Waals surface area contributed by atoms with Crippen LogP contribution in [0.15, 0.2) is 36.5 Å². The summed E-state index contributed by atoms with van der Waals surface area (Å²) in [5.74, 6) is -1.06. The number of nitrogens with one attached hydrogen (secondary N) is 2. The summed E-state index contributed by atoms with van der Waals surface area (Å²) in [6, 6.07) is 4.70. The smallest absolute Gasteiger partial charge is 0.416 e. The summed E-state index contributed by atoms with van der Waals surface area (Å²) in [6.45, 7) is 0. The second-order valence-electron chi connectivity index (χ2n) is 9.82. The maximum absolute atomic E-state index is 14.6. The van der Waals surface area contributed by atoms with Crippen molar-refractivity contribution in [1.82, 2.24) is 15.6 Å². The minimum absolute atomic E-state index is 0.0184. The molecular weight excluding hydrogens is 462 g/mol. The highest BCUT2D eigenvalue weighted by Gasteiger charge is 2.42. The molecule has 1 aromatic heterocycles. The van der Waals surface area contributed by atoms with Crippen LogP contribution in [0, 0.1) is 11.7 Å². The van der Waals surface area contributed by atoms with Crippen molar-refractivity contribution in [1.29, 1.82) is 0 Å². The molecule has 2 fully saturated rings. The molecule has 2 amide bonds. The molecule has 5 nitrogen and oxygen atoms in total. The molecule has 4 rings (SSSR count). The highest BCUT2D eigenvalue weighted by molar-refractivity contribution is 5.76. The maximum Gasteiger partial charge on any atom is 0.416 e. The van der Waals surface area contributed by atoms with Gasteiger partial charge in [0.25, 0.3) is 0 Å². The molecule has 1 heterocycles. The lowest BCUT2D eigenvalue weighted by atomic mass is 9.74. The predicted octanol–water partition coefficient (Wildman–Crippen LogP) is 6.40. The van der Waals surface area contributed by atoms with Crippen molar-refractivity contribution in [2.45, 2.75) is 82.0 Å². The summed E-state index contributed by atoms with van der Waals surface area (Å²) >= 11 is 0. The summed E-state index contributed by atoms with van der Waals surface area (Å²) in [5, 5.41) is 15.7. The van der Waals surface area contributed by atoms with Crippen molar-refractivity contribution in [3.8, 4) is 5.75 Å². The average Bonchev–Trinajstić information content (AvgIpc) is 3.31. The van der Waals surface area contributed by atoms with Crippen LogP contribution in [-0.2, 0) is 11.7 Å². The van der Waals surface area contributed by atoms with Crippen molar-refractivity contribution in [2.75, 3.05) is 0 Å². The zero-order valence-electron chi connectivity index (χ0n) is 19.5. The summed E-state index contributed by atoms with van der Waals surface area (Å²) < 4.78 is 55.6. The van der Waals surface area contributed by atoms with Crippen LogP contribution in [0.3, 0.4) is 0 Å². The van der Waals surface area contributed by atoms with Gasteiger partial charge in [-0.15, -0.1) is 0 Å². The number of aromatic hydroxyl groups is 1. The predicted molar refractivity (Wildman–Crippen MR) is 123 cm³/mol. The number of rotatable bonds is 6. The van der Waals surface area contributed by atoms with E-state index in [-0.39, 0.29) is 35.4 Å². The number of carbonyl (C=O) groups excluding carboxylic acids is 1. The van der Waals surface area contributed by atoms with Crippen molar-refractivity contribution in [2.24, 2.45) is 5.92 Å². The molecule has 2 aliphatic carbocycles. The third kappa shape index (κ3) is 6.05. The first-order valence-electron chi connectivity index (χ1n) is 12.3. The van der Waals surface area contributed by atoms with Gasteiger partial charge in [-0.2, -0.15) is 13.2 Å². The SMILES string of the molecule is O=C(NC1CCCC1)N[C@](CC1CCCCC1)(c1cc(F)cc(C(F)(F)F)c1)c1ccc(O)cn1. The van der Waals surface area contributed by atoms with Gasteiger partial charge in [-0.05, 0) is 61.1 Å². The van der Waals surface area contributed by atoms with Gasteiger partial charge >= 0.3 is 12.2 Å². The van der Waals surface area contributed by atoms with Gasteiger partial charge < -0.3 is 15.7 Å². The Morgan fingerprint density at radius 1 is 0.971 bits per heavy atom. The van der Waals surface area contributed by atoms with Crippen LogP contribution in [0.25, 0.3) is 0 Å². The van der Waals surface area contributed by atoms with Gasteiger partial charge in [0.15, 0.2) is 0 Å². The molecule has 1 aromatic carbocycles. The fourth-order valence-electron chi connectivity index (χ4n) is 5.51. The quantitative estimate of drug-likeness (QED) is 0.408. The zero-order valence-corrected chi connectivity index (χ0v) is 19.5. The summed E-state index contributed by atoms with van der Waals surface area (Å²) in [4.78, 5) is 17.5. The second-order valence-corrected chi connectivity index (χ2v) is 9.82. The Morgan fingerprint density at radius 2 is 1.63 bits per heavy atom. The number of hydrogen-bond donors (Lipinski definition) is 3. The summed E-state index contributed by atoms with van der Waals surface area (Å²) in [7, 11) is 0. The zero-order chi connectivity index (χ0) is 25.1. The van der Waals surface area contributed by atoms with E-state index in [1.165, 1.54) is 18.3 Å². The number of alkyl halides is 3. The van der Waals surface area contributed by atoms with E-state index in [1.54, 1.807) is 0 Å². The first-order chi connectivity index (χ1) is 16.7. The highest BCUT2D eigenvalue weighted by atomic mass is 19.4. The molecule has 2 aliphatic rings. The molecule has 0 radical (unpaired) electrons. The van der Waals surface area contributed by atoms with Crippen LogP contribution in [0.2, 0.25) is 0 Å². The molecule has 0 spiro atoms. The molecule has 0 bridgehead atoms. The molecule has 190 valence electrons. The largest absolute Gasteiger partial charge is 0.506 e. The third-order valence-electron chi connectivity index (χ3n) is 7.24. The number of carbonyl (C=O) groups is 1. The van der Waals surface area contributed by atoms with E-state index in [0.717, 1.165) is 69.9 Å². The Morgan fingerprint density at radius 3 is 2.26 bits per heavy atom. The van der Waals surface area contributed by atoms with Gasteiger partial charge in [-0.25, -0.2) is 9.18 Å².